The van der Waals surface area contributed by atoms with E-state index in [4.69, 9.17) is 0 Å². The van der Waals surface area contributed by atoms with Gasteiger partial charge in [-0.25, -0.2) is 13.4 Å². The molecule has 0 saturated carbocycles. The number of nitrogens with zero attached hydrogens (tertiary/aromatic N) is 3. The third-order valence-electron chi connectivity index (χ3n) is 3.14. The minimum Gasteiger partial charge on any atom is -0.354 e. The summed E-state index contributed by atoms with van der Waals surface area (Å²) >= 11 is 0. The molecule has 0 spiro atoms. The first kappa shape index (κ1) is 14.0. The van der Waals surface area contributed by atoms with Crippen molar-refractivity contribution in [1.29, 1.82) is 0 Å². The molecule has 1 aliphatic heterocycles. The van der Waals surface area contributed by atoms with Gasteiger partial charge in [0.1, 0.15) is 5.82 Å². The van der Waals surface area contributed by atoms with Gasteiger partial charge in [0.05, 0.1) is 11.5 Å². The lowest BCUT2D eigenvalue weighted by atomic mass is 10.3. The summed E-state index contributed by atoms with van der Waals surface area (Å²) in [5.41, 5.74) is 0. The van der Waals surface area contributed by atoms with Crippen molar-refractivity contribution in [2.75, 3.05) is 34.8 Å². The zero-order valence-corrected chi connectivity index (χ0v) is 12.2. The average Bonchev–Trinajstić information content (AvgIpc) is 2.35. The largest absolute Gasteiger partial charge is 0.354 e. The third kappa shape index (κ3) is 3.56. The van der Waals surface area contributed by atoms with Crippen LogP contribution in [0.5, 0.6) is 0 Å². The molecule has 19 heavy (non-hydrogen) atoms. The second-order valence-electron chi connectivity index (χ2n) is 4.82. The summed E-state index contributed by atoms with van der Waals surface area (Å²) in [6, 6.07) is 1.78. The highest BCUT2D eigenvalue weighted by Crippen LogP contribution is 2.20. The Labute approximate surface area is 114 Å². The SMILES string of the molecule is CCCNc1nccc(N2CCS(=O)(=O)CC2C)n1. The highest BCUT2D eigenvalue weighted by Gasteiger charge is 2.28. The van der Waals surface area contributed by atoms with Crippen molar-refractivity contribution in [1.82, 2.24) is 9.97 Å². The Kier molecular flexibility index (Phi) is 4.24. The maximum Gasteiger partial charge on any atom is 0.224 e. The molecule has 0 radical (unpaired) electrons. The van der Waals surface area contributed by atoms with Gasteiger partial charge in [-0.15, -0.1) is 0 Å². The van der Waals surface area contributed by atoms with Crippen LogP contribution in [0.4, 0.5) is 11.8 Å². The second-order valence-corrected chi connectivity index (χ2v) is 7.05. The molecule has 1 aromatic heterocycles. The van der Waals surface area contributed by atoms with Crippen LogP contribution < -0.4 is 10.2 Å². The van der Waals surface area contributed by atoms with Gasteiger partial charge in [-0.05, 0) is 19.4 Å². The molecular formula is C12H20N4O2S. The summed E-state index contributed by atoms with van der Waals surface area (Å²) in [6.45, 7) is 5.31. The van der Waals surface area contributed by atoms with Gasteiger partial charge in [0.15, 0.2) is 9.84 Å². The van der Waals surface area contributed by atoms with Crippen LogP contribution in [0.2, 0.25) is 0 Å². The van der Waals surface area contributed by atoms with E-state index in [9.17, 15) is 8.42 Å². The number of sulfone groups is 1. The Hall–Kier alpha value is -1.37. The normalized spacial score (nSPS) is 22.2. The van der Waals surface area contributed by atoms with Crippen molar-refractivity contribution in [3.05, 3.63) is 12.3 Å². The van der Waals surface area contributed by atoms with Crippen molar-refractivity contribution in [3.8, 4) is 0 Å². The molecule has 0 amide bonds. The summed E-state index contributed by atoms with van der Waals surface area (Å²) in [7, 11) is -2.90. The lowest BCUT2D eigenvalue weighted by Crippen LogP contribution is -2.47. The quantitative estimate of drug-likeness (QED) is 0.886. The number of hydrogen-bond acceptors (Lipinski definition) is 6. The van der Waals surface area contributed by atoms with Crippen LogP contribution in [0, 0.1) is 0 Å². The lowest BCUT2D eigenvalue weighted by molar-refractivity contribution is 0.567. The van der Waals surface area contributed by atoms with Crippen LogP contribution in [-0.4, -0.2) is 49.0 Å². The highest BCUT2D eigenvalue weighted by atomic mass is 32.2. The molecule has 1 fully saturated rings. The number of aromatic nitrogens is 2. The molecule has 1 aliphatic rings. The van der Waals surface area contributed by atoms with Crippen molar-refractivity contribution < 1.29 is 8.42 Å². The molecule has 1 atom stereocenters. The zero-order chi connectivity index (χ0) is 13.9. The van der Waals surface area contributed by atoms with Gasteiger partial charge in [-0.3, -0.25) is 0 Å². The lowest BCUT2D eigenvalue weighted by Gasteiger charge is -2.34. The molecule has 2 heterocycles. The second kappa shape index (κ2) is 5.73. The molecule has 1 aromatic rings. The van der Waals surface area contributed by atoms with Crippen molar-refractivity contribution in [2.24, 2.45) is 0 Å². The van der Waals surface area contributed by atoms with Gasteiger partial charge >= 0.3 is 0 Å². The van der Waals surface area contributed by atoms with Crippen molar-refractivity contribution >= 4 is 21.6 Å². The Morgan fingerprint density at radius 1 is 1.53 bits per heavy atom. The van der Waals surface area contributed by atoms with Crippen LogP contribution in [0.15, 0.2) is 12.3 Å². The Morgan fingerprint density at radius 3 is 3.00 bits per heavy atom. The highest BCUT2D eigenvalue weighted by molar-refractivity contribution is 7.91. The van der Waals surface area contributed by atoms with Crippen molar-refractivity contribution in [3.63, 3.8) is 0 Å². The van der Waals surface area contributed by atoms with E-state index in [1.807, 2.05) is 17.9 Å². The maximum absolute atomic E-state index is 11.6. The van der Waals surface area contributed by atoms with Crippen LogP contribution in [0.3, 0.4) is 0 Å². The molecule has 0 bridgehead atoms. The molecule has 0 aromatic carbocycles. The predicted molar refractivity (Wildman–Crippen MR) is 76.3 cm³/mol. The Balaban J connectivity index is 2.13. The van der Waals surface area contributed by atoms with E-state index in [0.717, 1.165) is 18.8 Å². The van der Waals surface area contributed by atoms with E-state index >= 15 is 0 Å². The summed E-state index contributed by atoms with van der Waals surface area (Å²) < 4.78 is 23.1. The molecular weight excluding hydrogens is 264 g/mol. The van der Waals surface area contributed by atoms with Gasteiger partial charge in [-0.1, -0.05) is 6.92 Å². The summed E-state index contributed by atoms with van der Waals surface area (Å²) in [5.74, 6) is 1.77. The molecule has 1 N–H and O–H groups in total. The van der Waals surface area contributed by atoms with Gasteiger partial charge in [0.25, 0.3) is 0 Å². The number of rotatable bonds is 4. The van der Waals surface area contributed by atoms with Gasteiger partial charge < -0.3 is 10.2 Å². The first-order chi connectivity index (χ1) is 9.02. The van der Waals surface area contributed by atoms with Crippen molar-refractivity contribution in [2.45, 2.75) is 26.3 Å². The van der Waals surface area contributed by atoms with E-state index in [0.29, 0.717) is 12.5 Å². The van der Waals surface area contributed by atoms with Crippen LogP contribution >= 0.6 is 0 Å². The summed E-state index contributed by atoms with van der Waals surface area (Å²) in [4.78, 5) is 10.6. The Bertz CT molecular complexity index is 532. The average molecular weight is 284 g/mol. The van der Waals surface area contributed by atoms with E-state index in [1.165, 1.54) is 0 Å². The van der Waals surface area contributed by atoms with Crippen LogP contribution in [-0.2, 0) is 9.84 Å². The van der Waals surface area contributed by atoms with Gasteiger partial charge in [0.2, 0.25) is 5.95 Å². The fourth-order valence-corrected chi connectivity index (χ4v) is 3.73. The number of hydrogen-bond donors (Lipinski definition) is 1. The molecule has 1 unspecified atom stereocenters. The number of nitrogens with one attached hydrogen (secondary N) is 1. The monoisotopic (exact) mass is 284 g/mol. The fourth-order valence-electron chi connectivity index (χ4n) is 2.17. The van der Waals surface area contributed by atoms with E-state index < -0.39 is 9.84 Å². The Morgan fingerprint density at radius 2 is 2.32 bits per heavy atom. The maximum atomic E-state index is 11.6. The predicted octanol–water partition coefficient (Wildman–Crippen LogP) is 0.922. The van der Waals surface area contributed by atoms with Gasteiger partial charge in [0, 0.05) is 25.3 Å². The zero-order valence-electron chi connectivity index (χ0n) is 11.3. The molecule has 2 rings (SSSR count). The molecule has 0 aliphatic carbocycles. The third-order valence-corrected chi connectivity index (χ3v) is 4.93. The smallest absolute Gasteiger partial charge is 0.224 e. The van der Waals surface area contributed by atoms with E-state index in [2.05, 4.69) is 22.2 Å². The van der Waals surface area contributed by atoms with E-state index in [-0.39, 0.29) is 17.5 Å². The summed E-state index contributed by atoms with van der Waals surface area (Å²) in [6.07, 6.45) is 2.71. The molecule has 7 heteroatoms. The molecule has 6 nitrogen and oxygen atoms in total. The summed E-state index contributed by atoms with van der Waals surface area (Å²) in [5, 5.41) is 3.14. The minimum atomic E-state index is -2.90. The standard InChI is InChI=1S/C12H20N4O2S/c1-3-5-13-12-14-6-4-11(15-12)16-7-8-19(17,18)9-10(16)2/h4,6,10H,3,5,7-9H2,1-2H3,(H,13,14,15). The van der Waals surface area contributed by atoms with E-state index in [1.54, 1.807) is 6.20 Å². The minimum absolute atomic E-state index is 0.0484. The topological polar surface area (TPSA) is 75.2 Å². The van der Waals surface area contributed by atoms with Crippen LogP contribution in [0.1, 0.15) is 20.3 Å². The fraction of sp³-hybridized carbons (Fsp3) is 0.667. The first-order valence-electron chi connectivity index (χ1n) is 6.56. The van der Waals surface area contributed by atoms with Crippen LogP contribution in [0.25, 0.3) is 0 Å². The first-order valence-corrected chi connectivity index (χ1v) is 8.38. The molecule has 1 saturated heterocycles. The number of anilines is 2. The van der Waals surface area contributed by atoms with Gasteiger partial charge in [-0.2, -0.15) is 4.98 Å². The molecule has 106 valence electrons.